The monoisotopic (exact) mass is 408 g/mol. The molecule has 0 saturated heterocycles. The van der Waals surface area contributed by atoms with E-state index in [9.17, 15) is 5.11 Å². The van der Waals surface area contributed by atoms with Gasteiger partial charge in [0.05, 0.1) is 6.10 Å². The van der Waals surface area contributed by atoms with Crippen molar-refractivity contribution in [2.45, 2.75) is 96.0 Å². The fourth-order valence-corrected chi connectivity index (χ4v) is 8.85. The molecule has 0 fully saturated rings. The molecule has 0 heterocycles. The van der Waals surface area contributed by atoms with Crippen LogP contribution in [-0.2, 0) is 64.2 Å². The van der Waals surface area contributed by atoms with Crippen LogP contribution in [-0.4, -0.2) is 5.11 Å². The van der Waals surface area contributed by atoms with Gasteiger partial charge in [-0.25, -0.2) is 0 Å². The SMILES string of the molecule is OC1c2c3c(c4c(c2CC1C1=CCc2c5c(c6c(c21)CCC6)CCC5)CCC4)CCC3. The molecule has 8 rings (SSSR count). The Balaban J connectivity index is 1.29. The third-order valence-corrected chi connectivity index (χ3v) is 9.90. The van der Waals surface area contributed by atoms with Crippen molar-refractivity contribution < 1.29 is 5.11 Å². The predicted octanol–water partition coefficient (Wildman–Crippen LogP) is 5.49. The van der Waals surface area contributed by atoms with Crippen molar-refractivity contribution in [2.75, 3.05) is 0 Å². The molecule has 0 saturated carbocycles. The predicted molar refractivity (Wildman–Crippen MR) is 125 cm³/mol. The summed E-state index contributed by atoms with van der Waals surface area (Å²) in [5.41, 5.74) is 21.3. The van der Waals surface area contributed by atoms with Crippen LogP contribution in [0.3, 0.4) is 0 Å². The van der Waals surface area contributed by atoms with E-state index < -0.39 is 0 Å². The van der Waals surface area contributed by atoms with E-state index in [2.05, 4.69) is 6.08 Å². The standard InChI is InChI=1S/C30H32O/c31-30-27(15-26-21-10-2-6-17(21)19-9-4-12-23(19)29(26)30)25-14-13-24-20-7-1-5-16(20)18-8-3-11-22(18)28(24)25/h14,27,30-31H,1-13,15H2. The van der Waals surface area contributed by atoms with E-state index in [0.29, 0.717) is 0 Å². The number of hydrogen-bond donors (Lipinski definition) is 1. The van der Waals surface area contributed by atoms with Gasteiger partial charge in [-0.05, 0) is 162 Å². The van der Waals surface area contributed by atoms with Crippen molar-refractivity contribution in [3.8, 4) is 0 Å². The molecule has 1 nitrogen and oxygen atoms in total. The quantitative estimate of drug-likeness (QED) is 0.662. The molecule has 2 unspecified atom stereocenters. The van der Waals surface area contributed by atoms with E-state index in [-0.39, 0.29) is 12.0 Å². The van der Waals surface area contributed by atoms with Crippen LogP contribution in [0.4, 0.5) is 0 Å². The number of aliphatic hydroxyl groups excluding tert-OH is 1. The maximum atomic E-state index is 11.8. The molecule has 0 radical (unpaired) electrons. The van der Waals surface area contributed by atoms with Gasteiger partial charge in [0.15, 0.2) is 0 Å². The number of rotatable bonds is 1. The smallest absolute Gasteiger partial charge is 0.0867 e. The highest BCUT2D eigenvalue weighted by atomic mass is 16.3. The number of allylic oxidation sites excluding steroid dienone is 1. The average molecular weight is 409 g/mol. The highest BCUT2D eigenvalue weighted by molar-refractivity contribution is 5.82. The molecule has 1 N–H and O–H groups in total. The summed E-state index contributed by atoms with van der Waals surface area (Å²) in [4.78, 5) is 0. The first-order valence-electron chi connectivity index (χ1n) is 13.1. The molecular formula is C30H32O. The zero-order chi connectivity index (χ0) is 20.3. The zero-order valence-corrected chi connectivity index (χ0v) is 18.6. The number of fused-ring (bicyclic) bond motifs is 12. The number of aliphatic hydroxyl groups is 1. The first-order chi connectivity index (χ1) is 15.3. The van der Waals surface area contributed by atoms with Gasteiger partial charge >= 0.3 is 0 Å². The van der Waals surface area contributed by atoms with Crippen molar-refractivity contribution in [1.29, 1.82) is 0 Å². The van der Waals surface area contributed by atoms with E-state index in [1.165, 1.54) is 88.2 Å². The fourth-order valence-electron chi connectivity index (χ4n) is 8.85. The van der Waals surface area contributed by atoms with Crippen LogP contribution in [0, 0.1) is 5.92 Å². The van der Waals surface area contributed by atoms with Crippen molar-refractivity contribution in [1.82, 2.24) is 0 Å². The van der Waals surface area contributed by atoms with Crippen LogP contribution < -0.4 is 0 Å². The second-order valence-corrected chi connectivity index (χ2v) is 11.1. The summed E-state index contributed by atoms with van der Waals surface area (Å²) in [6.45, 7) is 0. The first kappa shape index (κ1) is 17.7. The minimum atomic E-state index is -0.282. The second-order valence-electron chi connectivity index (χ2n) is 11.1. The van der Waals surface area contributed by atoms with E-state index in [1.54, 1.807) is 61.2 Å². The van der Waals surface area contributed by atoms with Crippen molar-refractivity contribution in [3.05, 3.63) is 72.8 Å². The number of hydrogen-bond acceptors (Lipinski definition) is 1. The van der Waals surface area contributed by atoms with Gasteiger partial charge in [0, 0.05) is 5.92 Å². The summed E-state index contributed by atoms with van der Waals surface area (Å²) < 4.78 is 0. The summed E-state index contributed by atoms with van der Waals surface area (Å²) in [6, 6.07) is 0. The first-order valence-corrected chi connectivity index (χ1v) is 13.1. The highest BCUT2D eigenvalue weighted by Crippen LogP contribution is 2.54. The Morgan fingerprint density at radius 3 is 1.71 bits per heavy atom. The lowest BCUT2D eigenvalue weighted by atomic mass is 9.83. The van der Waals surface area contributed by atoms with Crippen LogP contribution in [0.15, 0.2) is 6.08 Å². The molecule has 2 aromatic rings. The molecule has 0 bridgehead atoms. The molecule has 158 valence electrons. The molecule has 0 spiro atoms. The van der Waals surface area contributed by atoms with Gasteiger partial charge in [-0.15, -0.1) is 0 Å². The topological polar surface area (TPSA) is 20.2 Å². The molecule has 0 amide bonds. The Morgan fingerprint density at radius 2 is 1.03 bits per heavy atom. The fraction of sp³-hybridized carbons (Fsp3) is 0.533. The minimum absolute atomic E-state index is 0.282. The van der Waals surface area contributed by atoms with Gasteiger partial charge in [0.2, 0.25) is 0 Å². The van der Waals surface area contributed by atoms with E-state index in [4.69, 9.17) is 0 Å². The van der Waals surface area contributed by atoms with E-state index >= 15 is 0 Å². The van der Waals surface area contributed by atoms with E-state index in [1.807, 2.05) is 0 Å². The van der Waals surface area contributed by atoms with Crippen molar-refractivity contribution in [3.63, 3.8) is 0 Å². The molecule has 0 aromatic heterocycles. The lowest BCUT2D eigenvalue weighted by Crippen LogP contribution is -2.12. The summed E-state index contributed by atoms with van der Waals surface area (Å²) >= 11 is 0. The van der Waals surface area contributed by atoms with Crippen LogP contribution in [0.2, 0.25) is 0 Å². The van der Waals surface area contributed by atoms with Crippen LogP contribution in [0.5, 0.6) is 0 Å². The van der Waals surface area contributed by atoms with Crippen molar-refractivity contribution in [2.24, 2.45) is 5.92 Å². The molecule has 6 aliphatic carbocycles. The summed E-state index contributed by atoms with van der Waals surface area (Å²) in [5.74, 6) is 0.289. The van der Waals surface area contributed by atoms with Crippen LogP contribution in [0.1, 0.15) is 98.5 Å². The summed E-state index contributed by atoms with van der Waals surface area (Å²) in [5, 5.41) is 11.8. The summed E-state index contributed by atoms with van der Waals surface area (Å²) in [6.07, 6.45) is 19.9. The Labute approximate surface area is 185 Å². The zero-order valence-electron chi connectivity index (χ0n) is 18.6. The Morgan fingerprint density at radius 1 is 0.548 bits per heavy atom. The third kappa shape index (κ3) is 2.12. The molecular weight excluding hydrogens is 376 g/mol. The Hall–Kier alpha value is -1.86. The third-order valence-electron chi connectivity index (χ3n) is 9.90. The average Bonchev–Trinajstić information content (AvgIpc) is 3.59. The second kappa shape index (κ2) is 6.13. The molecule has 1 heteroatoms. The van der Waals surface area contributed by atoms with Gasteiger partial charge in [-0.2, -0.15) is 0 Å². The van der Waals surface area contributed by atoms with Crippen LogP contribution in [0.25, 0.3) is 5.57 Å². The lowest BCUT2D eigenvalue weighted by molar-refractivity contribution is 0.149. The Kier molecular flexibility index (Phi) is 3.49. The van der Waals surface area contributed by atoms with E-state index in [0.717, 1.165) is 12.8 Å². The van der Waals surface area contributed by atoms with Gasteiger partial charge in [0.1, 0.15) is 0 Å². The maximum Gasteiger partial charge on any atom is 0.0867 e. The van der Waals surface area contributed by atoms with Crippen molar-refractivity contribution >= 4 is 5.57 Å². The lowest BCUT2D eigenvalue weighted by Gasteiger charge is -2.23. The largest absolute Gasteiger partial charge is 0.388 e. The summed E-state index contributed by atoms with van der Waals surface area (Å²) in [7, 11) is 0. The van der Waals surface area contributed by atoms with Gasteiger partial charge in [-0.1, -0.05) is 6.08 Å². The number of benzene rings is 2. The molecule has 6 aliphatic rings. The van der Waals surface area contributed by atoms with Crippen LogP contribution >= 0.6 is 0 Å². The van der Waals surface area contributed by atoms with Gasteiger partial charge < -0.3 is 5.11 Å². The molecule has 0 aliphatic heterocycles. The highest BCUT2D eigenvalue weighted by Gasteiger charge is 2.43. The van der Waals surface area contributed by atoms with Gasteiger partial charge in [0.25, 0.3) is 0 Å². The Bertz CT molecular complexity index is 1210. The molecule has 2 atom stereocenters. The maximum absolute atomic E-state index is 11.8. The molecule has 31 heavy (non-hydrogen) atoms. The normalized spacial score (nSPS) is 26.5. The minimum Gasteiger partial charge on any atom is -0.388 e. The van der Waals surface area contributed by atoms with Gasteiger partial charge in [-0.3, -0.25) is 0 Å². The molecule has 2 aromatic carbocycles.